The third kappa shape index (κ3) is 4.22. The maximum absolute atomic E-state index is 12.2. The molecule has 0 saturated carbocycles. The van der Waals surface area contributed by atoms with Crippen LogP contribution in [0.5, 0.6) is 0 Å². The van der Waals surface area contributed by atoms with Crippen LogP contribution in [-0.4, -0.2) is 56.2 Å². The quantitative estimate of drug-likeness (QED) is 0.679. The fourth-order valence-electron chi connectivity index (χ4n) is 1.10. The van der Waals surface area contributed by atoms with Gasteiger partial charge in [-0.2, -0.15) is 13.2 Å². The number of hydrogen-bond acceptors (Lipinski definition) is 5. The van der Waals surface area contributed by atoms with Crippen LogP contribution in [0.4, 0.5) is 13.2 Å². The second-order valence-electron chi connectivity index (χ2n) is 3.23. The molecule has 0 bridgehead atoms. The van der Waals surface area contributed by atoms with Gasteiger partial charge in [0.2, 0.25) is 0 Å². The summed E-state index contributed by atoms with van der Waals surface area (Å²) in [6.45, 7) is 0. The molecule has 0 aromatic heterocycles. The van der Waals surface area contributed by atoms with E-state index in [1.807, 2.05) is 0 Å². The fraction of sp³-hybridized carbons (Fsp3) is 0.667. The predicted molar refractivity (Wildman–Crippen MR) is 51.3 cm³/mol. The molecule has 18 heavy (non-hydrogen) atoms. The summed E-state index contributed by atoms with van der Waals surface area (Å²) in [5, 5.41) is 0. The van der Waals surface area contributed by atoms with Crippen LogP contribution >= 0.6 is 0 Å². The van der Waals surface area contributed by atoms with E-state index in [-0.39, 0.29) is 4.90 Å². The molecule has 0 aromatic carbocycles. The van der Waals surface area contributed by atoms with Crippen molar-refractivity contribution in [3.8, 4) is 0 Å². The van der Waals surface area contributed by atoms with E-state index in [1.54, 1.807) is 0 Å². The summed E-state index contributed by atoms with van der Waals surface area (Å²) in [4.78, 5) is 33.3. The molecule has 1 amide bonds. The van der Waals surface area contributed by atoms with Crippen LogP contribution < -0.4 is 0 Å². The van der Waals surface area contributed by atoms with Gasteiger partial charge in [0, 0.05) is 7.05 Å². The molecule has 1 unspecified atom stereocenters. The zero-order valence-electron chi connectivity index (χ0n) is 9.91. The van der Waals surface area contributed by atoms with E-state index < -0.39 is 36.5 Å². The molecular weight excluding hydrogens is 259 g/mol. The highest BCUT2D eigenvalue weighted by Crippen LogP contribution is 2.20. The van der Waals surface area contributed by atoms with Gasteiger partial charge in [-0.3, -0.25) is 9.59 Å². The van der Waals surface area contributed by atoms with E-state index >= 15 is 0 Å². The lowest BCUT2D eigenvalue weighted by Gasteiger charge is -2.25. The Balaban J connectivity index is 5.02. The first kappa shape index (κ1) is 16.2. The fourth-order valence-corrected chi connectivity index (χ4v) is 1.10. The molecule has 0 spiro atoms. The minimum absolute atomic E-state index is 0.1000. The van der Waals surface area contributed by atoms with Crippen molar-refractivity contribution in [2.24, 2.45) is 0 Å². The van der Waals surface area contributed by atoms with Crippen LogP contribution in [0.1, 0.15) is 6.42 Å². The molecule has 0 radical (unpaired) electrons. The largest absolute Gasteiger partial charge is 0.471 e. The Kier molecular flexibility index (Phi) is 5.60. The zero-order chi connectivity index (χ0) is 14.5. The standard InChI is InChI=1S/C9H12F3NO5/c1-13(8(16)9(10,11)12)5(7(15)18-3)4-6(14)17-2/h5H,4H2,1-3H3. The van der Waals surface area contributed by atoms with Gasteiger partial charge in [0.15, 0.2) is 0 Å². The Morgan fingerprint density at radius 2 is 1.67 bits per heavy atom. The molecule has 0 rings (SSSR count). The number of esters is 2. The Morgan fingerprint density at radius 1 is 1.17 bits per heavy atom. The lowest BCUT2D eigenvalue weighted by atomic mass is 10.2. The van der Waals surface area contributed by atoms with Gasteiger partial charge in [0.25, 0.3) is 0 Å². The van der Waals surface area contributed by atoms with Crippen molar-refractivity contribution in [3.63, 3.8) is 0 Å². The maximum Gasteiger partial charge on any atom is 0.471 e. The highest BCUT2D eigenvalue weighted by Gasteiger charge is 2.45. The van der Waals surface area contributed by atoms with Gasteiger partial charge >= 0.3 is 24.0 Å². The number of rotatable bonds is 4. The van der Waals surface area contributed by atoms with E-state index in [0.717, 1.165) is 21.3 Å². The topological polar surface area (TPSA) is 72.9 Å². The van der Waals surface area contributed by atoms with Gasteiger partial charge in [0.05, 0.1) is 20.6 Å². The minimum Gasteiger partial charge on any atom is -0.469 e. The number of amides is 1. The molecule has 0 heterocycles. The van der Waals surface area contributed by atoms with E-state index in [0.29, 0.717) is 0 Å². The first-order valence-electron chi connectivity index (χ1n) is 4.63. The highest BCUT2D eigenvalue weighted by molar-refractivity contribution is 5.90. The van der Waals surface area contributed by atoms with E-state index in [2.05, 4.69) is 9.47 Å². The summed E-state index contributed by atoms with van der Waals surface area (Å²) < 4.78 is 45.0. The van der Waals surface area contributed by atoms with E-state index in [1.165, 1.54) is 0 Å². The lowest BCUT2D eigenvalue weighted by Crippen LogP contribution is -2.49. The maximum atomic E-state index is 12.2. The Bertz CT molecular complexity index is 342. The van der Waals surface area contributed by atoms with Crippen molar-refractivity contribution in [2.45, 2.75) is 18.6 Å². The predicted octanol–water partition coefficient (Wildman–Crippen LogP) is 0.112. The van der Waals surface area contributed by atoms with Gasteiger partial charge in [-0.05, 0) is 0 Å². The number of likely N-dealkylation sites (N-methyl/N-ethyl adjacent to an activating group) is 1. The number of nitrogens with zero attached hydrogens (tertiary/aromatic N) is 1. The molecule has 0 N–H and O–H groups in total. The molecule has 0 aliphatic rings. The van der Waals surface area contributed by atoms with Gasteiger partial charge in [-0.1, -0.05) is 0 Å². The summed E-state index contributed by atoms with van der Waals surface area (Å²) in [6, 6.07) is -1.68. The smallest absolute Gasteiger partial charge is 0.469 e. The lowest BCUT2D eigenvalue weighted by molar-refractivity contribution is -0.189. The number of alkyl halides is 3. The Hall–Kier alpha value is -1.80. The van der Waals surface area contributed by atoms with Crippen LogP contribution in [0.25, 0.3) is 0 Å². The highest BCUT2D eigenvalue weighted by atomic mass is 19.4. The van der Waals surface area contributed by atoms with Crippen molar-refractivity contribution < 1.29 is 37.0 Å². The summed E-state index contributed by atoms with van der Waals surface area (Å²) in [7, 11) is 2.68. The molecule has 6 nitrogen and oxygen atoms in total. The van der Waals surface area contributed by atoms with Crippen molar-refractivity contribution in [1.29, 1.82) is 0 Å². The van der Waals surface area contributed by atoms with Gasteiger partial charge < -0.3 is 14.4 Å². The van der Waals surface area contributed by atoms with Crippen LogP contribution in [0.3, 0.4) is 0 Å². The molecular formula is C9H12F3NO5. The van der Waals surface area contributed by atoms with Crippen LogP contribution in [0.2, 0.25) is 0 Å². The molecule has 1 atom stereocenters. The van der Waals surface area contributed by atoms with Crippen LogP contribution in [-0.2, 0) is 23.9 Å². The normalized spacial score (nSPS) is 12.6. The summed E-state index contributed by atoms with van der Waals surface area (Å²) in [5.74, 6) is -4.32. The van der Waals surface area contributed by atoms with Crippen LogP contribution in [0.15, 0.2) is 0 Å². The average Bonchev–Trinajstić information content (AvgIpc) is 2.31. The number of carbonyl (C=O) groups is 3. The molecule has 9 heteroatoms. The first-order valence-corrected chi connectivity index (χ1v) is 4.63. The summed E-state index contributed by atoms with van der Waals surface area (Å²) in [5.41, 5.74) is 0. The van der Waals surface area contributed by atoms with Crippen LogP contribution in [0, 0.1) is 0 Å². The molecule has 0 fully saturated rings. The number of methoxy groups -OCH3 is 2. The number of carbonyl (C=O) groups excluding carboxylic acids is 3. The number of hydrogen-bond donors (Lipinski definition) is 0. The van der Waals surface area contributed by atoms with Crippen molar-refractivity contribution >= 4 is 17.8 Å². The number of ether oxygens (including phenoxy) is 2. The minimum atomic E-state index is -5.14. The first-order chi connectivity index (χ1) is 8.15. The second-order valence-corrected chi connectivity index (χ2v) is 3.23. The Labute approximate surface area is 101 Å². The SMILES string of the molecule is COC(=O)CC(C(=O)OC)N(C)C(=O)C(F)(F)F. The third-order valence-electron chi connectivity index (χ3n) is 2.09. The van der Waals surface area contributed by atoms with E-state index in [4.69, 9.17) is 0 Å². The number of halogens is 3. The zero-order valence-corrected chi connectivity index (χ0v) is 9.91. The average molecular weight is 271 g/mol. The van der Waals surface area contributed by atoms with Gasteiger partial charge in [-0.25, -0.2) is 4.79 Å². The molecule has 0 aliphatic carbocycles. The van der Waals surface area contributed by atoms with Crippen molar-refractivity contribution in [1.82, 2.24) is 4.90 Å². The monoisotopic (exact) mass is 271 g/mol. The van der Waals surface area contributed by atoms with Crippen molar-refractivity contribution in [3.05, 3.63) is 0 Å². The summed E-state index contributed by atoms with van der Waals surface area (Å²) >= 11 is 0. The third-order valence-corrected chi connectivity index (χ3v) is 2.09. The Morgan fingerprint density at radius 3 is 2.00 bits per heavy atom. The van der Waals surface area contributed by atoms with Gasteiger partial charge in [-0.15, -0.1) is 0 Å². The van der Waals surface area contributed by atoms with E-state index in [9.17, 15) is 27.6 Å². The second kappa shape index (κ2) is 6.22. The summed E-state index contributed by atoms with van der Waals surface area (Å²) in [6.07, 6.45) is -5.86. The van der Waals surface area contributed by atoms with Gasteiger partial charge in [0.1, 0.15) is 6.04 Å². The molecule has 0 aliphatic heterocycles. The molecule has 0 saturated heterocycles. The van der Waals surface area contributed by atoms with Crippen molar-refractivity contribution in [2.75, 3.05) is 21.3 Å². The molecule has 104 valence electrons. The molecule has 0 aromatic rings.